The van der Waals surface area contributed by atoms with Crippen LogP contribution in [0.2, 0.25) is 0 Å². The van der Waals surface area contributed by atoms with Crippen LogP contribution < -0.4 is 10.6 Å². The zero-order valence-electron chi connectivity index (χ0n) is 14.9. The lowest BCUT2D eigenvalue weighted by molar-refractivity contribution is 0.252. The van der Waals surface area contributed by atoms with Crippen molar-refractivity contribution in [2.45, 2.75) is 13.8 Å². The molecule has 0 aliphatic heterocycles. The molecule has 0 saturated heterocycles. The largest absolute Gasteiger partial charge is 0.342 e. The van der Waals surface area contributed by atoms with E-state index in [9.17, 15) is 4.79 Å². The van der Waals surface area contributed by atoms with Crippen LogP contribution >= 0.6 is 0 Å². The summed E-state index contributed by atoms with van der Waals surface area (Å²) < 4.78 is 1.63. The van der Waals surface area contributed by atoms with E-state index in [-0.39, 0.29) is 12.0 Å². The van der Waals surface area contributed by atoms with Gasteiger partial charge in [-0.05, 0) is 32.0 Å². The molecule has 4 heterocycles. The van der Waals surface area contributed by atoms with Crippen molar-refractivity contribution in [2.75, 3.05) is 11.9 Å². The molecule has 0 aromatic carbocycles. The van der Waals surface area contributed by atoms with E-state index in [0.717, 1.165) is 28.2 Å². The van der Waals surface area contributed by atoms with Gasteiger partial charge in [-0.1, -0.05) is 0 Å². The van der Waals surface area contributed by atoms with Gasteiger partial charge in [0.15, 0.2) is 5.65 Å². The van der Waals surface area contributed by atoms with Crippen molar-refractivity contribution in [1.29, 1.82) is 0 Å². The molecular weight excluding hydrogens is 344 g/mol. The highest BCUT2D eigenvalue weighted by Gasteiger charge is 2.13. The summed E-state index contributed by atoms with van der Waals surface area (Å²) in [4.78, 5) is 28.1. The van der Waals surface area contributed by atoms with Gasteiger partial charge in [-0.25, -0.2) is 14.3 Å². The van der Waals surface area contributed by atoms with Crippen molar-refractivity contribution in [3.05, 3.63) is 48.7 Å². The molecule has 27 heavy (non-hydrogen) atoms. The van der Waals surface area contributed by atoms with E-state index < -0.39 is 0 Å². The van der Waals surface area contributed by atoms with Crippen LogP contribution in [0.1, 0.15) is 12.6 Å². The SMILES string of the molecule is CCNC(=O)Nc1nc2c(-c3cncc(-c4ncc(C)[nH]4)c3)cccn2n1. The van der Waals surface area contributed by atoms with Gasteiger partial charge in [0.1, 0.15) is 5.82 Å². The van der Waals surface area contributed by atoms with E-state index in [1.54, 1.807) is 29.3 Å². The first-order valence-corrected chi connectivity index (χ1v) is 8.51. The Bertz CT molecular complexity index is 1110. The van der Waals surface area contributed by atoms with Crippen molar-refractivity contribution in [1.82, 2.24) is 34.9 Å². The fraction of sp³-hybridized carbons (Fsp3) is 0.167. The first-order valence-electron chi connectivity index (χ1n) is 8.51. The van der Waals surface area contributed by atoms with Crippen molar-refractivity contribution < 1.29 is 4.79 Å². The van der Waals surface area contributed by atoms with Crippen LogP contribution in [0.5, 0.6) is 0 Å². The summed E-state index contributed by atoms with van der Waals surface area (Å²) in [6.07, 6.45) is 7.08. The first-order chi connectivity index (χ1) is 13.1. The summed E-state index contributed by atoms with van der Waals surface area (Å²) in [5, 5.41) is 9.58. The predicted molar refractivity (Wildman–Crippen MR) is 101 cm³/mol. The molecule has 136 valence electrons. The molecule has 0 radical (unpaired) electrons. The summed E-state index contributed by atoms with van der Waals surface area (Å²) in [5.74, 6) is 0.994. The summed E-state index contributed by atoms with van der Waals surface area (Å²) in [7, 11) is 0. The Hall–Kier alpha value is -3.75. The maximum absolute atomic E-state index is 11.7. The number of carbonyl (C=O) groups is 1. The predicted octanol–water partition coefficient (Wildman–Crippen LogP) is 2.63. The zero-order chi connectivity index (χ0) is 18.8. The molecule has 0 spiro atoms. The van der Waals surface area contributed by atoms with Gasteiger partial charge in [0.05, 0.1) is 0 Å². The van der Waals surface area contributed by atoms with Crippen LogP contribution in [0.15, 0.2) is 43.0 Å². The number of hydrogen-bond donors (Lipinski definition) is 3. The average Bonchev–Trinajstić information content (AvgIpc) is 3.27. The number of rotatable bonds is 4. The van der Waals surface area contributed by atoms with E-state index in [0.29, 0.717) is 12.2 Å². The van der Waals surface area contributed by atoms with Crippen LogP contribution in [-0.2, 0) is 0 Å². The molecular formula is C18H18N8O. The van der Waals surface area contributed by atoms with E-state index in [2.05, 4.69) is 35.7 Å². The Kier molecular flexibility index (Phi) is 4.25. The van der Waals surface area contributed by atoms with Crippen molar-refractivity contribution in [3.63, 3.8) is 0 Å². The minimum atomic E-state index is -0.341. The number of anilines is 1. The van der Waals surface area contributed by atoms with Crippen LogP contribution in [-0.4, -0.2) is 42.1 Å². The Morgan fingerprint density at radius 2 is 2.11 bits per heavy atom. The summed E-state index contributed by atoms with van der Waals surface area (Å²) in [6, 6.07) is 5.46. The lowest BCUT2D eigenvalue weighted by Crippen LogP contribution is -2.28. The number of amides is 2. The lowest BCUT2D eigenvalue weighted by Gasteiger charge is -2.04. The van der Waals surface area contributed by atoms with Gasteiger partial charge in [0.25, 0.3) is 5.95 Å². The molecule has 9 heteroatoms. The van der Waals surface area contributed by atoms with Crippen molar-refractivity contribution in [3.8, 4) is 22.5 Å². The third-order valence-electron chi connectivity index (χ3n) is 3.95. The van der Waals surface area contributed by atoms with Gasteiger partial charge in [-0.3, -0.25) is 10.3 Å². The second-order valence-corrected chi connectivity index (χ2v) is 5.99. The number of hydrogen-bond acceptors (Lipinski definition) is 5. The molecule has 0 aliphatic carbocycles. The van der Waals surface area contributed by atoms with Gasteiger partial charge in [0.2, 0.25) is 0 Å². The van der Waals surface area contributed by atoms with Crippen LogP contribution in [0.4, 0.5) is 10.7 Å². The molecule has 4 aromatic rings. The van der Waals surface area contributed by atoms with Gasteiger partial charge >= 0.3 is 6.03 Å². The quantitative estimate of drug-likeness (QED) is 0.516. The van der Waals surface area contributed by atoms with Crippen molar-refractivity contribution >= 4 is 17.6 Å². The molecule has 3 N–H and O–H groups in total. The number of aryl methyl sites for hydroxylation is 1. The minimum Gasteiger partial charge on any atom is -0.342 e. The number of fused-ring (bicyclic) bond motifs is 1. The minimum absolute atomic E-state index is 0.235. The fourth-order valence-electron chi connectivity index (χ4n) is 2.77. The maximum atomic E-state index is 11.7. The maximum Gasteiger partial charge on any atom is 0.321 e. The fourth-order valence-corrected chi connectivity index (χ4v) is 2.77. The molecule has 0 saturated carbocycles. The second-order valence-electron chi connectivity index (χ2n) is 5.99. The van der Waals surface area contributed by atoms with E-state index >= 15 is 0 Å². The van der Waals surface area contributed by atoms with Gasteiger partial charge < -0.3 is 10.3 Å². The highest BCUT2D eigenvalue weighted by molar-refractivity contribution is 5.88. The first kappa shape index (κ1) is 16.7. The molecule has 0 aliphatic rings. The average molecular weight is 362 g/mol. The van der Waals surface area contributed by atoms with E-state index in [1.165, 1.54) is 0 Å². The molecule has 4 rings (SSSR count). The molecule has 9 nitrogen and oxygen atoms in total. The Labute approximate surface area is 154 Å². The third-order valence-corrected chi connectivity index (χ3v) is 3.95. The van der Waals surface area contributed by atoms with Crippen molar-refractivity contribution in [2.24, 2.45) is 0 Å². The monoisotopic (exact) mass is 362 g/mol. The number of urea groups is 1. The summed E-state index contributed by atoms with van der Waals surface area (Å²) in [6.45, 7) is 4.32. The van der Waals surface area contributed by atoms with Gasteiger partial charge in [0, 0.05) is 53.7 Å². The lowest BCUT2D eigenvalue weighted by atomic mass is 10.1. The van der Waals surface area contributed by atoms with Gasteiger partial charge in [-0.15, -0.1) is 5.10 Å². The third kappa shape index (κ3) is 3.34. The number of aromatic amines is 1. The number of nitrogens with one attached hydrogen (secondary N) is 3. The molecule has 0 atom stereocenters. The second kappa shape index (κ2) is 6.87. The van der Waals surface area contributed by atoms with Crippen LogP contribution in [0, 0.1) is 6.92 Å². The van der Waals surface area contributed by atoms with Crippen LogP contribution in [0.25, 0.3) is 28.2 Å². The van der Waals surface area contributed by atoms with Crippen LogP contribution in [0.3, 0.4) is 0 Å². The summed E-state index contributed by atoms with van der Waals surface area (Å²) in [5.41, 5.74) is 4.22. The Balaban J connectivity index is 1.73. The Morgan fingerprint density at radius 1 is 1.26 bits per heavy atom. The highest BCUT2D eigenvalue weighted by Crippen LogP contribution is 2.27. The normalized spacial score (nSPS) is 10.9. The number of pyridine rings is 2. The summed E-state index contributed by atoms with van der Waals surface area (Å²) >= 11 is 0. The molecule has 2 amide bonds. The highest BCUT2D eigenvalue weighted by atomic mass is 16.2. The standard InChI is InChI=1S/C18H18N8O/c1-3-20-18(27)24-17-23-16-14(5-4-6-26(16)25-17)12-7-13(10-19-9-12)15-21-8-11(2)22-15/h4-10H,3H2,1-2H3,(H,21,22)(H2,20,24,25,27). The number of aromatic nitrogens is 6. The number of imidazole rings is 1. The number of nitrogens with zero attached hydrogens (tertiary/aromatic N) is 5. The Morgan fingerprint density at radius 3 is 2.89 bits per heavy atom. The zero-order valence-corrected chi connectivity index (χ0v) is 14.9. The molecule has 4 aromatic heterocycles. The molecule has 0 bridgehead atoms. The number of carbonyl (C=O) groups excluding carboxylic acids is 1. The smallest absolute Gasteiger partial charge is 0.321 e. The van der Waals surface area contributed by atoms with E-state index in [1.807, 2.05) is 32.0 Å². The number of H-pyrrole nitrogens is 1. The topological polar surface area (TPSA) is 113 Å². The van der Waals surface area contributed by atoms with E-state index in [4.69, 9.17) is 0 Å². The molecule has 0 fully saturated rings. The molecule has 0 unspecified atom stereocenters. The van der Waals surface area contributed by atoms with Gasteiger partial charge in [-0.2, -0.15) is 4.98 Å².